The van der Waals surface area contributed by atoms with E-state index in [4.69, 9.17) is 21.3 Å². The number of pyridine rings is 2. The number of esters is 1. The number of hydrogen-bond acceptors (Lipinski definition) is 5. The molecule has 0 saturated heterocycles. The molecule has 3 aromatic rings. The molecule has 0 bridgehead atoms. The number of ether oxygens (including phenoxy) is 1. The van der Waals surface area contributed by atoms with E-state index < -0.39 is 18.5 Å². The smallest absolute Gasteiger partial charge is 0.339 e. The quantitative estimate of drug-likeness (QED) is 0.534. The van der Waals surface area contributed by atoms with Crippen molar-refractivity contribution in [1.82, 2.24) is 9.97 Å². The van der Waals surface area contributed by atoms with Crippen molar-refractivity contribution in [3.63, 3.8) is 0 Å². The van der Waals surface area contributed by atoms with Crippen molar-refractivity contribution in [2.24, 2.45) is 0 Å². The Kier molecular flexibility index (Phi) is 5.21. The van der Waals surface area contributed by atoms with Crippen molar-refractivity contribution < 1.29 is 14.3 Å². The molecule has 1 N–H and O–H groups in total. The molecule has 2 heterocycles. The van der Waals surface area contributed by atoms with E-state index in [0.29, 0.717) is 11.3 Å². The van der Waals surface area contributed by atoms with Crippen molar-refractivity contribution in [1.29, 1.82) is 0 Å². The highest BCUT2D eigenvalue weighted by molar-refractivity contribution is 6.32. The molecule has 1 aromatic carbocycles. The number of carbonyl (C=O) groups excluding carboxylic acids is 2. The largest absolute Gasteiger partial charge is 0.452 e. The number of hydrogen-bond donors (Lipinski definition) is 1. The first kappa shape index (κ1) is 18.4. The average molecular weight is 396 g/mol. The monoisotopic (exact) mass is 395 g/mol. The maximum Gasteiger partial charge on any atom is 0.339 e. The number of rotatable bonds is 4. The van der Waals surface area contributed by atoms with Gasteiger partial charge in [-0.1, -0.05) is 29.8 Å². The van der Waals surface area contributed by atoms with Gasteiger partial charge in [0.15, 0.2) is 11.8 Å². The SMILES string of the molecule is O=C(COC(=O)c1c2c(nc3ccccc13)CCCC2)Nc1cccnc1Cl. The first-order chi connectivity index (χ1) is 13.6. The predicted octanol–water partition coefficient (Wildman–Crippen LogP) is 3.96. The highest BCUT2D eigenvalue weighted by Gasteiger charge is 2.24. The van der Waals surface area contributed by atoms with E-state index in [0.717, 1.165) is 47.8 Å². The number of nitrogens with one attached hydrogen (secondary N) is 1. The van der Waals surface area contributed by atoms with Gasteiger partial charge in [-0.3, -0.25) is 9.78 Å². The van der Waals surface area contributed by atoms with E-state index in [-0.39, 0.29) is 5.15 Å². The highest BCUT2D eigenvalue weighted by Crippen LogP contribution is 2.29. The van der Waals surface area contributed by atoms with Crippen molar-refractivity contribution in [2.75, 3.05) is 11.9 Å². The lowest BCUT2D eigenvalue weighted by Gasteiger charge is -2.19. The standard InChI is InChI=1S/C21H18ClN3O3/c22-20-17(10-5-11-23-20)25-18(26)12-28-21(27)19-13-6-1-3-8-15(13)24-16-9-4-2-7-14(16)19/h1,3,5-6,8,10-11H,2,4,7,9,12H2,(H,25,26). The summed E-state index contributed by atoms with van der Waals surface area (Å²) in [4.78, 5) is 33.7. The van der Waals surface area contributed by atoms with Crippen LogP contribution in [0, 0.1) is 0 Å². The minimum absolute atomic E-state index is 0.177. The molecule has 1 aliphatic rings. The third-order valence-electron chi connectivity index (χ3n) is 4.74. The fourth-order valence-corrected chi connectivity index (χ4v) is 3.64. The van der Waals surface area contributed by atoms with E-state index in [1.807, 2.05) is 24.3 Å². The van der Waals surface area contributed by atoms with Crippen molar-refractivity contribution in [2.45, 2.75) is 25.7 Å². The maximum absolute atomic E-state index is 12.9. The fourth-order valence-electron chi connectivity index (χ4n) is 3.47. The topological polar surface area (TPSA) is 81.2 Å². The minimum atomic E-state index is -0.510. The second kappa shape index (κ2) is 7.94. The second-order valence-electron chi connectivity index (χ2n) is 6.60. The summed E-state index contributed by atoms with van der Waals surface area (Å²) in [5.74, 6) is -0.986. The molecule has 0 radical (unpaired) electrons. The van der Waals surface area contributed by atoms with Crippen LogP contribution < -0.4 is 5.32 Å². The Morgan fingerprint density at radius 3 is 2.79 bits per heavy atom. The van der Waals surface area contributed by atoms with Gasteiger partial charge < -0.3 is 10.1 Å². The zero-order chi connectivity index (χ0) is 19.5. The highest BCUT2D eigenvalue weighted by atomic mass is 35.5. The zero-order valence-corrected chi connectivity index (χ0v) is 15.8. The van der Waals surface area contributed by atoms with Gasteiger partial charge in [0.25, 0.3) is 5.91 Å². The molecule has 6 nitrogen and oxygen atoms in total. The molecule has 0 aliphatic heterocycles. The van der Waals surface area contributed by atoms with Gasteiger partial charge in [-0.15, -0.1) is 0 Å². The van der Waals surface area contributed by atoms with E-state index in [1.165, 1.54) is 6.20 Å². The molecular formula is C21H18ClN3O3. The van der Waals surface area contributed by atoms with Gasteiger partial charge in [0.1, 0.15) is 0 Å². The average Bonchev–Trinajstić information content (AvgIpc) is 2.72. The number of carbonyl (C=O) groups is 2. The zero-order valence-electron chi connectivity index (χ0n) is 15.1. The van der Waals surface area contributed by atoms with Gasteiger partial charge >= 0.3 is 5.97 Å². The first-order valence-electron chi connectivity index (χ1n) is 9.11. The van der Waals surface area contributed by atoms with Crippen LogP contribution in [0.3, 0.4) is 0 Å². The summed E-state index contributed by atoms with van der Waals surface area (Å²) in [6.45, 7) is -0.407. The van der Waals surface area contributed by atoms with Gasteiger partial charge in [0.2, 0.25) is 0 Å². The fraction of sp³-hybridized carbons (Fsp3) is 0.238. The number of benzene rings is 1. The molecular weight excluding hydrogens is 378 g/mol. The number of anilines is 1. The summed E-state index contributed by atoms with van der Waals surface area (Å²) in [7, 11) is 0. The molecule has 0 fully saturated rings. The van der Waals surface area contributed by atoms with Crippen molar-refractivity contribution in [3.05, 3.63) is 64.6 Å². The van der Waals surface area contributed by atoms with Crippen LogP contribution in [0.5, 0.6) is 0 Å². The molecule has 7 heteroatoms. The van der Waals surface area contributed by atoms with E-state index in [9.17, 15) is 9.59 Å². The molecule has 0 spiro atoms. The van der Waals surface area contributed by atoms with Crippen LogP contribution in [-0.4, -0.2) is 28.5 Å². The van der Waals surface area contributed by atoms with E-state index >= 15 is 0 Å². The lowest BCUT2D eigenvalue weighted by molar-refractivity contribution is -0.119. The Balaban J connectivity index is 1.56. The molecule has 142 valence electrons. The van der Waals surface area contributed by atoms with E-state index in [1.54, 1.807) is 12.1 Å². The molecule has 28 heavy (non-hydrogen) atoms. The number of para-hydroxylation sites is 1. The number of nitrogens with zero attached hydrogens (tertiary/aromatic N) is 2. The number of fused-ring (bicyclic) bond motifs is 2. The molecule has 2 aromatic heterocycles. The Morgan fingerprint density at radius 2 is 1.93 bits per heavy atom. The second-order valence-corrected chi connectivity index (χ2v) is 6.96. The van der Waals surface area contributed by atoms with Crippen LogP contribution >= 0.6 is 11.6 Å². The van der Waals surface area contributed by atoms with Crippen LogP contribution in [0.1, 0.15) is 34.5 Å². The van der Waals surface area contributed by atoms with Crippen molar-refractivity contribution >= 4 is 40.1 Å². The lowest BCUT2D eigenvalue weighted by Crippen LogP contribution is -2.23. The Hall–Kier alpha value is -2.99. The summed E-state index contributed by atoms with van der Waals surface area (Å²) in [5, 5.41) is 3.52. The normalized spacial score (nSPS) is 13.0. The van der Waals surface area contributed by atoms with Gasteiger partial charge in [-0.25, -0.2) is 9.78 Å². The Bertz CT molecular complexity index is 1070. The summed E-state index contributed by atoms with van der Waals surface area (Å²) < 4.78 is 5.33. The van der Waals surface area contributed by atoms with Gasteiger partial charge in [0, 0.05) is 17.3 Å². The summed E-state index contributed by atoms with van der Waals surface area (Å²) in [6, 6.07) is 10.8. The van der Waals surface area contributed by atoms with Crippen LogP contribution in [0.4, 0.5) is 5.69 Å². The third-order valence-corrected chi connectivity index (χ3v) is 5.04. The molecule has 1 aliphatic carbocycles. The molecule has 4 rings (SSSR count). The molecule has 0 atom stereocenters. The molecule has 0 saturated carbocycles. The van der Waals surface area contributed by atoms with Gasteiger partial charge in [-0.2, -0.15) is 0 Å². The predicted molar refractivity (Wildman–Crippen MR) is 107 cm³/mol. The van der Waals surface area contributed by atoms with Crippen LogP contribution in [0.25, 0.3) is 10.9 Å². The minimum Gasteiger partial charge on any atom is -0.452 e. The molecule has 1 amide bonds. The number of aryl methyl sites for hydroxylation is 1. The van der Waals surface area contributed by atoms with Crippen LogP contribution in [-0.2, 0) is 22.4 Å². The number of amides is 1. The van der Waals surface area contributed by atoms with E-state index in [2.05, 4.69) is 10.3 Å². The summed E-state index contributed by atoms with van der Waals surface area (Å²) in [5.41, 5.74) is 3.54. The molecule has 0 unspecified atom stereocenters. The number of aromatic nitrogens is 2. The van der Waals surface area contributed by atoms with Gasteiger partial charge in [0.05, 0.1) is 16.8 Å². The first-order valence-corrected chi connectivity index (χ1v) is 9.49. The van der Waals surface area contributed by atoms with Crippen molar-refractivity contribution in [3.8, 4) is 0 Å². The van der Waals surface area contributed by atoms with Crippen LogP contribution in [0.2, 0.25) is 5.15 Å². The Morgan fingerprint density at radius 1 is 1.11 bits per heavy atom. The van der Waals surface area contributed by atoms with Gasteiger partial charge in [-0.05, 0) is 49.4 Å². The Labute approximate surface area is 166 Å². The summed E-state index contributed by atoms with van der Waals surface area (Å²) in [6.07, 6.45) is 5.22. The third kappa shape index (κ3) is 3.68. The lowest BCUT2D eigenvalue weighted by atomic mass is 9.90. The summed E-state index contributed by atoms with van der Waals surface area (Å²) >= 11 is 5.93. The maximum atomic E-state index is 12.9. The van der Waals surface area contributed by atoms with Crippen LogP contribution in [0.15, 0.2) is 42.6 Å². The number of halogens is 1.